The van der Waals surface area contributed by atoms with Crippen LogP contribution in [0.2, 0.25) is 0 Å². The maximum Gasteiger partial charge on any atom is 0.117 e. The summed E-state index contributed by atoms with van der Waals surface area (Å²) in [5, 5.41) is 0. The van der Waals surface area contributed by atoms with Gasteiger partial charge >= 0.3 is 0 Å². The van der Waals surface area contributed by atoms with E-state index in [1.54, 1.807) is 6.26 Å². The van der Waals surface area contributed by atoms with Gasteiger partial charge in [-0.1, -0.05) is 36.8 Å². The molecule has 0 saturated carbocycles. The summed E-state index contributed by atoms with van der Waals surface area (Å²) in [5.41, 5.74) is 8.79. The topological polar surface area (TPSA) is 42.4 Å². The van der Waals surface area contributed by atoms with Crippen LogP contribution in [-0.4, -0.2) is 17.5 Å². The molecule has 0 aliphatic heterocycles. The van der Waals surface area contributed by atoms with Crippen LogP contribution in [0.25, 0.3) is 0 Å². The molecule has 3 heteroatoms. The van der Waals surface area contributed by atoms with Crippen LogP contribution in [0.4, 0.5) is 0 Å². The summed E-state index contributed by atoms with van der Waals surface area (Å²) in [4.78, 5) is 2.36. The molecule has 0 aliphatic rings. The quantitative estimate of drug-likeness (QED) is 0.875. The Kier molecular flexibility index (Phi) is 4.99. The standard InChI is InChI=1S/C17H24N2O/c1-4-19(12-16-9-6-10-20-16)17(14(3)18)15-8-5-7-13(2)11-15/h5-11,14,17H,4,12,18H2,1-3H3. The molecule has 0 radical (unpaired) electrons. The third-order valence-corrected chi connectivity index (χ3v) is 3.62. The second-order valence-electron chi connectivity index (χ2n) is 5.36. The van der Waals surface area contributed by atoms with E-state index in [0.29, 0.717) is 0 Å². The summed E-state index contributed by atoms with van der Waals surface area (Å²) in [6.07, 6.45) is 1.72. The van der Waals surface area contributed by atoms with Crippen LogP contribution in [-0.2, 0) is 6.54 Å². The number of likely N-dealkylation sites (N-methyl/N-ethyl adjacent to an activating group) is 1. The smallest absolute Gasteiger partial charge is 0.117 e. The minimum absolute atomic E-state index is 0.0618. The second kappa shape index (κ2) is 6.73. The van der Waals surface area contributed by atoms with E-state index in [9.17, 15) is 0 Å². The zero-order valence-corrected chi connectivity index (χ0v) is 12.5. The van der Waals surface area contributed by atoms with E-state index >= 15 is 0 Å². The molecular formula is C17H24N2O. The van der Waals surface area contributed by atoms with Gasteiger partial charge in [-0.25, -0.2) is 0 Å². The summed E-state index contributed by atoms with van der Waals surface area (Å²) in [6.45, 7) is 8.06. The van der Waals surface area contributed by atoms with Crippen LogP contribution in [0.5, 0.6) is 0 Å². The molecule has 1 aromatic heterocycles. The van der Waals surface area contributed by atoms with Crippen molar-refractivity contribution in [2.24, 2.45) is 5.73 Å². The van der Waals surface area contributed by atoms with Crippen molar-refractivity contribution < 1.29 is 4.42 Å². The molecule has 0 amide bonds. The van der Waals surface area contributed by atoms with Crippen LogP contribution < -0.4 is 5.73 Å². The highest BCUT2D eigenvalue weighted by Gasteiger charge is 2.23. The first-order valence-corrected chi connectivity index (χ1v) is 7.20. The molecule has 108 valence electrons. The lowest BCUT2D eigenvalue weighted by Crippen LogP contribution is -2.39. The third-order valence-electron chi connectivity index (χ3n) is 3.62. The fraction of sp³-hybridized carbons (Fsp3) is 0.412. The molecule has 0 aliphatic carbocycles. The largest absolute Gasteiger partial charge is 0.468 e. The lowest BCUT2D eigenvalue weighted by Gasteiger charge is -2.33. The number of nitrogens with two attached hydrogens (primary N) is 1. The Bertz CT molecular complexity index is 520. The molecule has 0 saturated heterocycles. The van der Waals surface area contributed by atoms with Crippen molar-refractivity contribution in [1.29, 1.82) is 0 Å². The number of nitrogens with zero attached hydrogens (tertiary/aromatic N) is 1. The Labute approximate surface area is 121 Å². The van der Waals surface area contributed by atoms with Crippen molar-refractivity contribution in [3.05, 3.63) is 59.5 Å². The van der Waals surface area contributed by atoms with Gasteiger partial charge in [-0.2, -0.15) is 0 Å². The van der Waals surface area contributed by atoms with Gasteiger partial charge in [-0.15, -0.1) is 0 Å². The fourth-order valence-corrected chi connectivity index (χ4v) is 2.71. The Hall–Kier alpha value is -1.58. The predicted octanol–water partition coefficient (Wildman–Crippen LogP) is 3.50. The molecule has 2 aromatic rings. The molecule has 2 N–H and O–H groups in total. The molecular weight excluding hydrogens is 248 g/mol. The Morgan fingerprint density at radius 3 is 2.60 bits per heavy atom. The monoisotopic (exact) mass is 272 g/mol. The fourth-order valence-electron chi connectivity index (χ4n) is 2.71. The number of furan rings is 1. The van der Waals surface area contributed by atoms with Crippen LogP contribution in [0.1, 0.15) is 36.8 Å². The zero-order valence-electron chi connectivity index (χ0n) is 12.5. The predicted molar refractivity (Wildman–Crippen MR) is 82.4 cm³/mol. The summed E-state index contributed by atoms with van der Waals surface area (Å²) >= 11 is 0. The lowest BCUT2D eigenvalue weighted by atomic mass is 9.97. The molecule has 0 fully saturated rings. The molecule has 20 heavy (non-hydrogen) atoms. The molecule has 0 bridgehead atoms. The molecule has 2 rings (SSSR count). The molecule has 1 heterocycles. The summed E-state index contributed by atoms with van der Waals surface area (Å²) in [6, 6.07) is 12.8. The van der Waals surface area contributed by atoms with Gasteiger partial charge in [-0.3, -0.25) is 4.90 Å². The number of hydrogen-bond donors (Lipinski definition) is 1. The van der Waals surface area contributed by atoms with Gasteiger partial charge in [-0.05, 0) is 38.1 Å². The number of benzene rings is 1. The Morgan fingerprint density at radius 1 is 1.25 bits per heavy atom. The molecule has 3 nitrogen and oxygen atoms in total. The Balaban J connectivity index is 2.26. The minimum Gasteiger partial charge on any atom is -0.468 e. The highest BCUT2D eigenvalue weighted by Crippen LogP contribution is 2.26. The van der Waals surface area contributed by atoms with Crippen molar-refractivity contribution in [3.8, 4) is 0 Å². The Morgan fingerprint density at radius 2 is 2.05 bits per heavy atom. The zero-order chi connectivity index (χ0) is 14.5. The van der Waals surface area contributed by atoms with Gasteiger partial charge < -0.3 is 10.2 Å². The average molecular weight is 272 g/mol. The van der Waals surface area contributed by atoms with Crippen molar-refractivity contribution in [2.45, 2.75) is 39.4 Å². The van der Waals surface area contributed by atoms with Crippen molar-refractivity contribution in [3.63, 3.8) is 0 Å². The van der Waals surface area contributed by atoms with E-state index < -0.39 is 0 Å². The van der Waals surface area contributed by atoms with E-state index in [1.807, 2.05) is 12.1 Å². The molecule has 2 unspecified atom stereocenters. The van der Waals surface area contributed by atoms with Crippen molar-refractivity contribution in [1.82, 2.24) is 4.90 Å². The van der Waals surface area contributed by atoms with Crippen LogP contribution in [0, 0.1) is 6.92 Å². The van der Waals surface area contributed by atoms with Crippen LogP contribution in [0.3, 0.4) is 0 Å². The normalized spacial score (nSPS) is 14.4. The van der Waals surface area contributed by atoms with Gasteiger partial charge in [0.15, 0.2) is 0 Å². The first kappa shape index (κ1) is 14.8. The number of hydrogen-bond acceptors (Lipinski definition) is 3. The minimum atomic E-state index is 0.0618. The lowest BCUT2D eigenvalue weighted by molar-refractivity contribution is 0.164. The van der Waals surface area contributed by atoms with Gasteiger partial charge in [0.05, 0.1) is 18.8 Å². The highest BCUT2D eigenvalue weighted by molar-refractivity contribution is 5.26. The van der Waals surface area contributed by atoms with Crippen molar-refractivity contribution in [2.75, 3.05) is 6.54 Å². The maximum absolute atomic E-state index is 6.25. The van der Waals surface area contributed by atoms with Crippen molar-refractivity contribution >= 4 is 0 Å². The van der Waals surface area contributed by atoms with E-state index in [1.165, 1.54) is 11.1 Å². The summed E-state index contributed by atoms with van der Waals surface area (Å²) < 4.78 is 5.47. The van der Waals surface area contributed by atoms with E-state index in [2.05, 4.69) is 49.9 Å². The molecule has 2 atom stereocenters. The highest BCUT2D eigenvalue weighted by atomic mass is 16.3. The summed E-state index contributed by atoms with van der Waals surface area (Å²) in [7, 11) is 0. The second-order valence-corrected chi connectivity index (χ2v) is 5.36. The van der Waals surface area contributed by atoms with E-state index in [-0.39, 0.29) is 12.1 Å². The summed E-state index contributed by atoms with van der Waals surface area (Å²) in [5.74, 6) is 0.977. The third kappa shape index (κ3) is 3.50. The first-order chi connectivity index (χ1) is 9.61. The first-order valence-electron chi connectivity index (χ1n) is 7.20. The number of aryl methyl sites for hydroxylation is 1. The van der Waals surface area contributed by atoms with E-state index in [0.717, 1.165) is 18.8 Å². The SMILES string of the molecule is CCN(Cc1ccco1)C(c1cccc(C)c1)C(C)N. The number of rotatable bonds is 6. The van der Waals surface area contributed by atoms with Crippen LogP contribution in [0.15, 0.2) is 47.1 Å². The van der Waals surface area contributed by atoms with Gasteiger partial charge in [0, 0.05) is 6.04 Å². The molecule has 0 spiro atoms. The molecule has 1 aromatic carbocycles. The maximum atomic E-state index is 6.25. The van der Waals surface area contributed by atoms with Gasteiger partial charge in [0.25, 0.3) is 0 Å². The average Bonchev–Trinajstić information content (AvgIpc) is 2.90. The van der Waals surface area contributed by atoms with E-state index in [4.69, 9.17) is 10.2 Å². The van der Waals surface area contributed by atoms with Gasteiger partial charge in [0.2, 0.25) is 0 Å². The van der Waals surface area contributed by atoms with Crippen LogP contribution >= 0.6 is 0 Å². The van der Waals surface area contributed by atoms with Gasteiger partial charge in [0.1, 0.15) is 5.76 Å².